The van der Waals surface area contributed by atoms with Crippen LogP contribution in [-0.2, 0) is 0 Å². The minimum atomic E-state index is -0.198. The summed E-state index contributed by atoms with van der Waals surface area (Å²) in [6, 6.07) is 7.25. The normalized spacial score (nSPS) is 14.8. The summed E-state index contributed by atoms with van der Waals surface area (Å²) in [7, 11) is 3.35. The highest BCUT2D eigenvalue weighted by atomic mass is 16.2. The van der Waals surface area contributed by atoms with Gasteiger partial charge in [-0.25, -0.2) is 4.98 Å². The Morgan fingerprint density at radius 3 is 2.50 bits per heavy atom. The zero-order valence-corrected chi connectivity index (χ0v) is 16.6. The van der Waals surface area contributed by atoms with Crippen LogP contribution in [0.3, 0.4) is 0 Å². The lowest BCUT2D eigenvalue weighted by molar-refractivity contribution is 0.0821. The largest absolute Gasteiger partial charge is 0.346 e. The maximum atomic E-state index is 12.5. The van der Waals surface area contributed by atoms with Gasteiger partial charge in [-0.05, 0) is 44.7 Å². The molecule has 0 spiro atoms. The van der Waals surface area contributed by atoms with E-state index >= 15 is 0 Å². The maximum absolute atomic E-state index is 12.5. The van der Waals surface area contributed by atoms with Crippen molar-refractivity contribution >= 4 is 11.8 Å². The second-order valence-electron chi connectivity index (χ2n) is 7.29. The SMILES string of the molecule is CC(NC(=O)c1ccc(-c2cncc(C(=O)N(C)C)n2)cc1)C1=CCCCC1. The number of aromatic nitrogens is 2. The van der Waals surface area contributed by atoms with Gasteiger partial charge in [0, 0.05) is 31.3 Å². The summed E-state index contributed by atoms with van der Waals surface area (Å²) in [6.45, 7) is 2.03. The molecule has 1 aromatic heterocycles. The zero-order valence-electron chi connectivity index (χ0n) is 16.6. The summed E-state index contributed by atoms with van der Waals surface area (Å²) < 4.78 is 0. The molecule has 146 valence electrons. The number of benzene rings is 1. The van der Waals surface area contributed by atoms with Crippen LogP contribution in [0.1, 0.15) is 53.5 Å². The maximum Gasteiger partial charge on any atom is 0.273 e. The minimum Gasteiger partial charge on any atom is -0.346 e. The van der Waals surface area contributed by atoms with E-state index in [4.69, 9.17) is 0 Å². The molecule has 1 aromatic carbocycles. The van der Waals surface area contributed by atoms with Gasteiger partial charge in [-0.2, -0.15) is 0 Å². The highest BCUT2D eigenvalue weighted by Gasteiger charge is 2.16. The molecule has 2 aromatic rings. The van der Waals surface area contributed by atoms with E-state index in [0.717, 1.165) is 18.4 Å². The van der Waals surface area contributed by atoms with E-state index in [9.17, 15) is 9.59 Å². The lowest BCUT2D eigenvalue weighted by Crippen LogP contribution is -2.34. The minimum absolute atomic E-state index is 0.0482. The third-order valence-electron chi connectivity index (χ3n) is 4.93. The molecule has 0 saturated carbocycles. The number of carbonyl (C=O) groups is 2. The molecule has 1 aliphatic carbocycles. The van der Waals surface area contributed by atoms with Gasteiger partial charge < -0.3 is 10.2 Å². The molecular formula is C22H26N4O2. The molecule has 3 rings (SSSR count). The summed E-state index contributed by atoms with van der Waals surface area (Å²) in [5, 5.41) is 3.08. The Morgan fingerprint density at radius 2 is 1.86 bits per heavy atom. The lowest BCUT2D eigenvalue weighted by atomic mass is 9.94. The van der Waals surface area contributed by atoms with Crippen molar-refractivity contribution in [2.75, 3.05) is 14.1 Å². The Balaban J connectivity index is 1.71. The highest BCUT2D eigenvalue weighted by Crippen LogP contribution is 2.21. The molecule has 1 atom stereocenters. The first-order chi connectivity index (χ1) is 13.5. The molecule has 0 aliphatic heterocycles. The van der Waals surface area contributed by atoms with Crippen LogP contribution in [0.5, 0.6) is 0 Å². The van der Waals surface area contributed by atoms with Crippen molar-refractivity contribution in [3.8, 4) is 11.3 Å². The van der Waals surface area contributed by atoms with Crippen molar-refractivity contribution in [1.29, 1.82) is 0 Å². The van der Waals surface area contributed by atoms with E-state index in [1.165, 1.54) is 29.5 Å². The number of hydrogen-bond acceptors (Lipinski definition) is 4. The van der Waals surface area contributed by atoms with Gasteiger partial charge in [0.05, 0.1) is 18.1 Å². The van der Waals surface area contributed by atoms with Crippen LogP contribution in [0, 0.1) is 0 Å². The van der Waals surface area contributed by atoms with E-state index in [2.05, 4.69) is 21.4 Å². The summed E-state index contributed by atoms with van der Waals surface area (Å²) >= 11 is 0. The van der Waals surface area contributed by atoms with Crippen molar-refractivity contribution in [3.63, 3.8) is 0 Å². The predicted molar refractivity (Wildman–Crippen MR) is 109 cm³/mol. The van der Waals surface area contributed by atoms with Crippen LogP contribution >= 0.6 is 0 Å². The fourth-order valence-electron chi connectivity index (χ4n) is 3.26. The molecule has 6 nitrogen and oxygen atoms in total. The Bertz CT molecular complexity index is 888. The molecule has 28 heavy (non-hydrogen) atoms. The van der Waals surface area contributed by atoms with Crippen molar-refractivity contribution in [2.24, 2.45) is 0 Å². The summed E-state index contributed by atoms with van der Waals surface area (Å²) in [5.41, 5.74) is 3.61. The van der Waals surface area contributed by atoms with Gasteiger partial charge in [-0.15, -0.1) is 0 Å². The van der Waals surface area contributed by atoms with Crippen molar-refractivity contribution in [3.05, 3.63) is 59.6 Å². The highest BCUT2D eigenvalue weighted by molar-refractivity contribution is 5.95. The lowest BCUT2D eigenvalue weighted by Gasteiger charge is -2.21. The number of nitrogens with one attached hydrogen (secondary N) is 1. The smallest absolute Gasteiger partial charge is 0.273 e. The number of nitrogens with zero attached hydrogens (tertiary/aromatic N) is 3. The molecule has 0 bridgehead atoms. The zero-order chi connectivity index (χ0) is 20.1. The third-order valence-corrected chi connectivity index (χ3v) is 4.93. The second-order valence-corrected chi connectivity index (χ2v) is 7.29. The van der Waals surface area contributed by atoms with E-state index in [1.807, 2.05) is 19.1 Å². The van der Waals surface area contributed by atoms with E-state index in [1.54, 1.807) is 32.4 Å². The van der Waals surface area contributed by atoms with Gasteiger partial charge in [-0.1, -0.05) is 23.8 Å². The molecular weight excluding hydrogens is 352 g/mol. The molecule has 0 saturated heterocycles. The Labute approximate surface area is 165 Å². The van der Waals surface area contributed by atoms with Gasteiger partial charge in [0.25, 0.3) is 11.8 Å². The molecule has 1 aliphatic rings. The van der Waals surface area contributed by atoms with Gasteiger partial charge in [0.15, 0.2) is 0 Å². The molecule has 6 heteroatoms. The Hall–Kier alpha value is -3.02. The van der Waals surface area contributed by atoms with Gasteiger partial charge >= 0.3 is 0 Å². The van der Waals surface area contributed by atoms with Crippen molar-refractivity contribution in [1.82, 2.24) is 20.2 Å². The van der Waals surface area contributed by atoms with E-state index in [0.29, 0.717) is 17.0 Å². The second kappa shape index (κ2) is 8.78. The standard InChI is InChI=1S/C22H26N4O2/c1-15(16-7-5-4-6-8-16)24-21(27)18-11-9-17(10-12-18)19-13-23-14-20(25-19)22(28)26(2)3/h7,9-15H,4-6,8H2,1-3H3,(H,24,27). The van der Waals surface area contributed by atoms with Crippen molar-refractivity contribution < 1.29 is 9.59 Å². The number of carbonyl (C=O) groups excluding carboxylic acids is 2. The molecule has 1 N–H and O–H groups in total. The molecule has 0 radical (unpaired) electrons. The van der Waals surface area contributed by atoms with Crippen LogP contribution in [-0.4, -0.2) is 46.8 Å². The predicted octanol–water partition coefficient (Wildman–Crippen LogP) is 3.46. The molecule has 1 heterocycles. The number of allylic oxidation sites excluding steroid dienone is 1. The molecule has 1 unspecified atom stereocenters. The fourth-order valence-corrected chi connectivity index (χ4v) is 3.26. The first kappa shape index (κ1) is 19.7. The van der Waals surface area contributed by atoms with Crippen LogP contribution in [0.25, 0.3) is 11.3 Å². The van der Waals surface area contributed by atoms with Crippen LogP contribution < -0.4 is 5.32 Å². The Kier molecular flexibility index (Phi) is 6.19. The van der Waals surface area contributed by atoms with Crippen LogP contribution in [0.2, 0.25) is 0 Å². The van der Waals surface area contributed by atoms with Crippen LogP contribution in [0.4, 0.5) is 0 Å². The molecule has 0 fully saturated rings. The first-order valence-electron chi connectivity index (χ1n) is 9.59. The first-order valence-corrected chi connectivity index (χ1v) is 9.59. The van der Waals surface area contributed by atoms with Gasteiger partial charge in [-0.3, -0.25) is 14.6 Å². The fraction of sp³-hybridized carbons (Fsp3) is 0.364. The quantitative estimate of drug-likeness (QED) is 0.809. The monoisotopic (exact) mass is 378 g/mol. The van der Waals surface area contributed by atoms with E-state index < -0.39 is 0 Å². The number of rotatable bonds is 5. The summed E-state index contributed by atoms with van der Waals surface area (Å²) in [5.74, 6) is -0.288. The van der Waals surface area contributed by atoms with Crippen molar-refractivity contribution in [2.45, 2.75) is 38.6 Å². The number of hydrogen-bond donors (Lipinski definition) is 1. The Morgan fingerprint density at radius 1 is 1.11 bits per heavy atom. The summed E-state index contributed by atoms with van der Waals surface area (Å²) in [6.07, 6.45) is 9.89. The van der Waals surface area contributed by atoms with Crippen LogP contribution in [0.15, 0.2) is 48.3 Å². The average molecular weight is 378 g/mol. The third kappa shape index (κ3) is 4.63. The van der Waals surface area contributed by atoms with Gasteiger partial charge in [0.2, 0.25) is 0 Å². The van der Waals surface area contributed by atoms with Gasteiger partial charge in [0.1, 0.15) is 5.69 Å². The summed E-state index contributed by atoms with van der Waals surface area (Å²) in [4.78, 5) is 34.6. The van der Waals surface area contributed by atoms with E-state index in [-0.39, 0.29) is 17.9 Å². The molecule has 2 amide bonds. The number of amides is 2. The average Bonchev–Trinajstić information content (AvgIpc) is 2.74. The topological polar surface area (TPSA) is 75.2 Å².